The highest BCUT2D eigenvalue weighted by atomic mass is 19.4. The number of aliphatic hydroxyl groups is 1. The standard InChI is InChI=1S/C10H11F3O2/c1-15-9-7(5-6-14)3-2-4-8(9)10(11,12)13/h2-4,14H,5-6H2,1H3. The summed E-state index contributed by atoms with van der Waals surface area (Å²) in [5, 5.41) is 8.70. The van der Waals surface area contributed by atoms with Crippen LogP contribution >= 0.6 is 0 Å². The van der Waals surface area contributed by atoms with Crippen molar-refractivity contribution in [1.82, 2.24) is 0 Å². The van der Waals surface area contributed by atoms with E-state index in [-0.39, 0.29) is 18.8 Å². The van der Waals surface area contributed by atoms with Gasteiger partial charge in [0.1, 0.15) is 5.75 Å². The number of rotatable bonds is 3. The van der Waals surface area contributed by atoms with Crippen LogP contribution in [-0.4, -0.2) is 18.8 Å². The Kier molecular flexibility index (Phi) is 3.57. The number of hydrogen-bond donors (Lipinski definition) is 1. The first-order chi connectivity index (χ1) is 7.00. The topological polar surface area (TPSA) is 29.5 Å². The molecule has 0 aromatic heterocycles. The number of benzene rings is 1. The van der Waals surface area contributed by atoms with Crippen molar-refractivity contribution in [3.8, 4) is 5.75 Å². The second-order valence-corrected chi connectivity index (χ2v) is 2.97. The van der Waals surface area contributed by atoms with E-state index in [0.717, 1.165) is 6.07 Å². The minimum atomic E-state index is -4.43. The van der Waals surface area contributed by atoms with Crippen molar-refractivity contribution in [2.45, 2.75) is 12.6 Å². The number of alkyl halides is 3. The molecule has 0 fully saturated rings. The van der Waals surface area contributed by atoms with Crippen LogP contribution in [0.3, 0.4) is 0 Å². The molecule has 0 amide bonds. The summed E-state index contributed by atoms with van der Waals surface area (Å²) in [7, 11) is 1.19. The van der Waals surface area contributed by atoms with Crippen LogP contribution in [0.2, 0.25) is 0 Å². The monoisotopic (exact) mass is 220 g/mol. The summed E-state index contributed by atoms with van der Waals surface area (Å²) in [6.45, 7) is -0.211. The van der Waals surface area contributed by atoms with Gasteiger partial charge >= 0.3 is 6.18 Å². The van der Waals surface area contributed by atoms with E-state index in [4.69, 9.17) is 9.84 Å². The van der Waals surface area contributed by atoms with Crippen LogP contribution in [0.5, 0.6) is 5.75 Å². The molecule has 0 spiro atoms. The van der Waals surface area contributed by atoms with E-state index in [1.54, 1.807) is 0 Å². The molecule has 1 aromatic carbocycles. The predicted molar refractivity (Wildman–Crippen MR) is 48.8 cm³/mol. The largest absolute Gasteiger partial charge is 0.496 e. The maximum atomic E-state index is 12.5. The van der Waals surface area contributed by atoms with E-state index < -0.39 is 11.7 Å². The summed E-state index contributed by atoms with van der Waals surface area (Å²) in [6.07, 6.45) is -4.29. The van der Waals surface area contributed by atoms with Crippen molar-refractivity contribution in [3.05, 3.63) is 29.3 Å². The predicted octanol–water partition coefficient (Wildman–Crippen LogP) is 2.25. The summed E-state index contributed by atoms with van der Waals surface area (Å²) in [5.74, 6) is -0.209. The number of methoxy groups -OCH3 is 1. The third kappa shape index (κ3) is 2.62. The SMILES string of the molecule is COc1c(CCO)cccc1C(F)(F)F. The van der Waals surface area contributed by atoms with E-state index in [1.165, 1.54) is 19.2 Å². The maximum absolute atomic E-state index is 12.5. The van der Waals surface area contributed by atoms with Gasteiger partial charge in [0, 0.05) is 6.61 Å². The van der Waals surface area contributed by atoms with E-state index in [2.05, 4.69) is 0 Å². The zero-order valence-corrected chi connectivity index (χ0v) is 8.14. The number of hydrogen-bond acceptors (Lipinski definition) is 2. The number of para-hydroxylation sites is 1. The molecule has 0 bridgehead atoms. The van der Waals surface area contributed by atoms with Gasteiger partial charge in [-0.05, 0) is 18.1 Å². The minimum absolute atomic E-state index is 0.146. The third-order valence-corrected chi connectivity index (χ3v) is 1.99. The van der Waals surface area contributed by atoms with E-state index in [0.29, 0.717) is 5.56 Å². The van der Waals surface area contributed by atoms with Gasteiger partial charge in [0.25, 0.3) is 0 Å². The lowest BCUT2D eigenvalue weighted by molar-refractivity contribution is -0.138. The average molecular weight is 220 g/mol. The Morgan fingerprint density at radius 1 is 1.33 bits per heavy atom. The van der Waals surface area contributed by atoms with Crippen molar-refractivity contribution in [1.29, 1.82) is 0 Å². The Morgan fingerprint density at radius 2 is 2.00 bits per heavy atom. The molecule has 0 aliphatic heterocycles. The van der Waals surface area contributed by atoms with Crippen LogP contribution in [-0.2, 0) is 12.6 Å². The molecule has 1 N–H and O–H groups in total. The summed E-state index contributed by atoms with van der Waals surface area (Å²) in [6, 6.07) is 3.76. The van der Waals surface area contributed by atoms with Gasteiger partial charge in [-0.2, -0.15) is 13.2 Å². The van der Waals surface area contributed by atoms with E-state index >= 15 is 0 Å². The number of ether oxygens (including phenoxy) is 1. The Labute approximate surface area is 85.3 Å². The Hall–Kier alpha value is -1.23. The van der Waals surface area contributed by atoms with Crippen LogP contribution in [0, 0.1) is 0 Å². The summed E-state index contributed by atoms with van der Waals surface area (Å²) in [4.78, 5) is 0. The van der Waals surface area contributed by atoms with Crippen molar-refractivity contribution in [3.63, 3.8) is 0 Å². The molecule has 0 aliphatic rings. The molecule has 0 aliphatic carbocycles. The minimum Gasteiger partial charge on any atom is -0.496 e. The Morgan fingerprint density at radius 3 is 2.47 bits per heavy atom. The van der Waals surface area contributed by atoms with Gasteiger partial charge in [0.15, 0.2) is 0 Å². The highest BCUT2D eigenvalue weighted by Crippen LogP contribution is 2.38. The number of halogens is 3. The fourth-order valence-corrected chi connectivity index (χ4v) is 1.37. The summed E-state index contributed by atoms with van der Waals surface area (Å²) < 4.78 is 42.3. The lowest BCUT2D eigenvalue weighted by Crippen LogP contribution is -2.09. The van der Waals surface area contributed by atoms with Crippen molar-refractivity contribution in [2.24, 2.45) is 0 Å². The molecule has 0 saturated heterocycles. The van der Waals surface area contributed by atoms with Gasteiger partial charge in [-0.15, -0.1) is 0 Å². The molecule has 5 heteroatoms. The number of aliphatic hydroxyl groups excluding tert-OH is 1. The molecule has 1 rings (SSSR count). The molecule has 0 atom stereocenters. The van der Waals surface area contributed by atoms with Crippen LogP contribution in [0.25, 0.3) is 0 Å². The first kappa shape index (κ1) is 11.8. The van der Waals surface area contributed by atoms with Gasteiger partial charge < -0.3 is 9.84 Å². The summed E-state index contributed by atoms with van der Waals surface area (Å²) in [5.41, 5.74) is -0.453. The second-order valence-electron chi connectivity index (χ2n) is 2.97. The van der Waals surface area contributed by atoms with Gasteiger partial charge in [0.05, 0.1) is 12.7 Å². The van der Waals surface area contributed by atoms with Crippen LogP contribution in [0.4, 0.5) is 13.2 Å². The molecule has 0 heterocycles. The lowest BCUT2D eigenvalue weighted by Gasteiger charge is -2.14. The zero-order chi connectivity index (χ0) is 11.5. The van der Waals surface area contributed by atoms with Crippen LogP contribution < -0.4 is 4.74 Å². The molecule has 0 saturated carbocycles. The van der Waals surface area contributed by atoms with Crippen molar-refractivity contribution >= 4 is 0 Å². The lowest BCUT2D eigenvalue weighted by atomic mass is 10.1. The Balaban J connectivity index is 3.22. The van der Waals surface area contributed by atoms with E-state index in [9.17, 15) is 13.2 Å². The molecular formula is C10H11F3O2. The summed E-state index contributed by atoms with van der Waals surface area (Å²) >= 11 is 0. The fraction of sp³-hybridized carbons (Fsp3) is 0.400. The molecular weight excluding hydrogens is 209 g/mol. The fourth-order valence-electron chi connectivity index (χ4n) is 1.37. The normalized spacial score (nSPS) is 11.5. The molecule has 1 aromatic rings. The smallest absolute Gasteiger partial charge is 0.419 e. The highest BCUT2D eigenvalue weighted by molar-refractivity contribution is 5.43. The average Bonchev–Trinajstić information content (AvgIpc) is 2.16. The highest BCUT2D eigenvalue weighted by Gasteiger charge is 2.34. The molecule has 84 valence electrons. The van der Waals surface area contributed by atoms with Crippen LogP contribution in [0.1, 0.15) is 11.1 Å². The first-order valence-corrected chi connectivity index (χ1v) is 4.34. The van der Waals surface area contributed by atoms with Gasteiger partial charge in [-0.1, -0.05) is 12.1 Å². The third-order valence-electron chi connectivity index (χ3n) is 1.99. The molecule has 0 radical (unpaired) electrons. The molecule has 0 unspecified atom stereocenters. The second kappa shape index (κ2) is 4.53. The van der Waals surface area contributed by atoms with E-state index in [1.807, 2.05) is 0 Å². The first-order valence-electron chi connectivity index (χ1n) is 4.34. The Bertz CT molecular complexity index is 334. The van der Waals surface area contributed by atoms with Gasteiger partial charge in [-0.25, -0.2) is 0 Å². The molecule has 15 heavy (non-hydrogen) atoms. The van der Waals surface area contributed by atoms with Crippen LogP contribution in [0.15, 0.2) is 18.2 Å². The van der Waals surface area contributed by atoms with Crippen molar-refractivity contribution < 1.29 is 23.0 Å². The maximum Gasteiger partial charge on any atom is 0.419 e. The zero-order valence-electron chi connectivity index (χ0n) is 8.14. The van der Waals surface area contributed by atoms with Crippen molar-refractivity contribution in [2.75, 3.05) is 13.7 Å². The van der Waals surface area contributed by atoms with Gasteiger partial charge in [0.2, 0.25) is 0 Å². The molecule has 2 nitrogen and oxygen atoms in total. The van der Waals surface area contributed by atoms with Gasteiger partial charge in [-0.3, -0.25) is 0 Å². The quantitative estimate of drug-likeness (QED) is 0.846.